The molecule has 0 aromatic carbocycles. The molecule has 2 nitrogen and oxygen atoms in total. The van der Waals surface area contributed by atoms with E-state index in [0.717, 1.165) is 12.3 Å². The van der Waals surface area contributed by atoms with E-state index in [1.165, 1.54) is 25.7 Å². The van der Waals surface area contributed by atoms with Crippen LogP contribution in [0.15, 0.2) is 0 Å². The van der Waals surface area contributed by atoms with Crippen molar-refractivity contribution < 1.29 is 9.78 Å². The molecule has 2 unspecified atom stereocenters. The minimum atomic E-state index is -0.198. The van der Waals surface area contributed by atoms with E-state index in [4.69, 9.17) is 9.78 Å². The molecule has 0 aromatic heterocycles. The molecule has 1 spiro atoms. The zero-order valence-electron chi connectivity index (χ0n) is 10.5. The summed E-state index contributed by atoms with van der Waals surface area (Å²) in [7, 11) is 0. The van der Waals surface area contributed by atoms with Crippen LogP contribution >= 0.6 is 0 Å². The van der Waals surface area contributed by atoms with E-state index in [9.17, 15) is 0 Å². The molecule has 2 heteroatoms. The van der Waals surface area contributed by atoms with Crippen molar-refractivity contribution in [3.8, 4) is 0 Å². The Balaban J connectivity index is 2.09. The van der Waals surface area contributed by atoms with Crippen LogP contribution in [0.25, 0.3) is 0 Å². The smallest absolute Gasteiger partial charge is 0.195 e. The first-order chi connectivity index (χ1) is 7.00. The number of hydrogen-bond acceptors (Lipinski definition) is 2. The van der Waals surface area contributed by atoms with E-state index in [1.807, 2.05) is 0 Å². The highest BCUT2D eigenvalue weighted by atomic mass is 17.4. The van der Waals surface area contributed by atoms with Gasteiger partial charge in [0.1, 0.15) is 0 Å². The molecule has 15 heavy (non-hydrogen) atoms. The van der Waals surface area contributed by atoms with Crippen LogP contribution in [0.5, 0.6) is 0 Å². The topological polar surface area (TPSA) is 25.1 Å². The molecule has 1 aliphatic heterocycles. The predicted octanol–water partition coefficient (Wildman–Crippen LogP) is 3.91. The Kier molecular flexibility index (Phi) is 2.85. The Morgan fingerprint density at radius 3 is 2.40 bits per heavy atom. The molecule has 1 heterocycles. The normalized spacial score (nSPS) is 36.8. The van der Waals surface area contributed by atoms with Gasteiger partial charge in [0.15, 0.2) is 0 Å². The third-order valence-corrected chi connectivity index (χ3v) is 4.13. The zero-order chi connectivity index (χ0) is 11.1. The summed E-state index contributed by atoms with van der Waals surface area (Å²) < 4.78 is 0. The fraction of sp³-hybridized carbons (Fsp3) is 1.00. The maximum atomic E-state index is 5.35. The molecule has 88 valence electrons. The molecule has 2 atom stereocenters. The van der Waals surface area contributed by atoms with Crippen LogP contribution in [0.2, 0.25) is 0 Å². The van der Waals surface area contributed by atoms with Crippen LogP contribution in [0.4, 0.5) is 0 Å². The molecule has 0 N–H and O–H groups in total. The Labute approximate surface area is 93.3 Å². The van der Waals surface area contributed by atoms with E-state index in [1.54, 1.807) is 0 Å². The molecule has 0 radical (unpaired) electrons. The molecule has 2 fully saturated rings. The van der Waals surface area contributed by atoms with Crippen LogP contribution in [0.1, 0.15) is 59.8 Å². The highest BCUT2D eigenvalue weighted by Crippen LogP contribution is 2.58. The van der Waals surface area contributed by atoms with Crippen molar-refractivity contribution in [2.45, 2.75) is 65.6 Å². The van der Waals surface area contributed by atoms with E-state index >= 15 is 0 Å². The molecule has 1 saturated carbocycles. The number of hydrogen-bond donors (Lipinski definition) is 0. The summed E-state index contributed by atoms with van der Waals surface area (Å²) in [4.78, 5) is 10.7. The van der Waals surface area contributed by atoms with Crippen molar-refractivity contribution in [2.75, 3.05) is 0 Å². The van der Waals surface area contributed by atoms with Crippen molar-refractivity contribution in [1.82, 2.24) is 0 Å². The molecule has 2 aliphatic rings. The maximum Gasteiger partial charge on any atom is 0.237 e. The van der Waals surface area contributed by atoms with Gasteiger partial charge in [0, 0.05) is 12.3 Å². The van der Waals surface area contributed by atoms with Crippen LogP contribution in [-0.4, -0.2) is 5.79 Å². The second-order valence-corrected chi connectivity index (χ2v) is 6.18. The molecule has 1 aliphatic carbocycles. The van der Waals surface area contributed by atoms with Gasteiger partial charge in [-0.05, 0) is 24.2 Å². The zero-order valence-corrected chi connectivity index (χ0v) is 10.5. The first kappa shape index (κ1) is 11.4. The lowest BCUT2D eigenvalue weighted by Crippen LogP contribution is -2.43. The summed E-state index contributed by atoms with van der Waals surface area (Å²) in [5, 5.41) is 0. The Morgan fingerprint density at radius 1 is 1.20 bits per heavy atom. The fourth-order valence-corrected chi connectivity index (χ4v) is 3.59. The van der Waals surface area contributed by atoms with E-state index in [-0.39, 0.29) is 5.79 Å². The lowest BCUT2D eigenvalue weighted by Gasteiger charge is -2.43. The van der Waals surface area contributed by atoms with Crippen molar-refractivity contribution in [3.63, 3.8) is 0 Å². The summed E-state index contributed by atoms with van der Waals surface area (Å²) in [5.74, 6) is 1.11. The molecule has 1 saturated heterocycles. The van der Waals surface area contributed by atoms with Gasteiger partial charge >= 0.3 is 0 Å². The highest BCUT2D eigenvalue weighted by Gasteiger charge is 2.62. The van der Waals surface area contributed by atoms with Crippen molar-refractivity contribution >= 4 is 0 Å². The fourth-order valence-electron chi connectivity index (χ4n) is 3.59. The van der Waals surface area contributed by atoms with Gasteiger partial charge in [-0.1, -0.05) is 40.5 Å². The van der Waals surface area contributed by atoms with Crippen LogP contribution < -0.4 is 0 Å². The van der Waals surface area contributed by atoms with Gasteiger partial charge in [-0.25, -0.2) is 0 Å². The monoisotopic (exact) mass is 212 g/mol. The second kappa shape index (κ2) is 3.74. The van der Waals surface area contributed by atoms with Gasteiger partial charge in [-0.3, -0.25) is 0 Å². The average molecular weight is 212 g/mol. The summed E-state index contributed by atoms with van der Waals surface area (Å²) in [6.45, 7) is 9.30. The standard InChI is InChI=1S/C13H24O2/c1-5-6-7-11-12(3,4)8-10(2)9-13(11)14-15-13/h10-11H,5-9H2,1-4H3. The van der Waals surface area contributed by atoms with Crippen molar-refractivity contribution in [2.24, 2.45) is 17.3 Å². The van der Waals surface area contributed by atoms with Gasteiger partial charge in [-0.15, -0.1) is 0 Å². The predicted molar refractivity (Wildman–Crippen MR) is 60.1 cm³/mol. The highest BCUT2D eigenvalue weighted by molar-refractivity contribution is 4.98. The average Bonchev–Trinajstić information content (AvgIpc) is 2.82. The van der Waals surface area contributed by atoms with Crippen LogP contribution in [0.3, 0.4) is 0 Å². The summed E-state index contributed by atoms with van der Waals surface area (Å²) in [6, 6.07) is 0. The van der Waals surface area contributed by atoms with Gasteiger partial charge in [0.05, 0.1) is 0 Å². The summed E-state index contributed by atoms with van der Waals surface area (Å²) >= 11 is 0. The van der Waals surface area contributed by atoms with E-state index in [0.29, 0.717) is 11.3 Å². The molecule has 2 rings (SSSR count). The van der Waals surface area contributed by atoms with Crippen molar-refractivity contribution in [3.05, 3.63) is 0 Å². The van der Waals surface area contributed by atoms with Crippen LogP contribution in [-0.2, 0) is 9.78 Å². The quantitative estimate of drug-likeness (QED) is 0.523. The Hall–Kier alpha value is -0.0800. The summed E-state index contributed by atoms with van der Waals surface area (Å²) in [6.07, 6.45) is 6.19. The first-order valence-electron chi connectivity index (χ1n) is 6.37. The lowest BCUT2D eigenvalue weighted by atomic mass is 9.61. The van der Waals surface area contributed by atoms with E-state index < -0.39 is 0 Å². The maximum absolute atomic E-state index is 5.35. The van der Waals surface area contributed by atoms with Gasteiger partial charge in [0.2, 0.25) is 5.79 Å². The van der Waals surface area contributed by atoms with E-state index in [2.05, 4.69) is 27.7 Å². The SMILES string of the molecule is CCCCC1C(C)(C)CC(C)CC12OO2. The Bertz CT molecular complexity index is 223. The number of unbranched alkanes of at least 4 members (excludes halogenated alkanes) is 1. The number of rotatable bonds is 3. The molecular formula is C13H24O2. The lowest BCUT2D eigenvalue weighted by molar-refractivity contribution is 0.00453. The minimum Gasteiger partial charge on any atom is -0.195 e. The molecule has 0 aromatic rings. The Morgan fingerprint density at radius 2 is 1.87 bits per heavy atom. The molecule has 0 bridgehead atoms. The molecular weight excluding hydrogens is 188 g/mol. The third-order valence-electron chi connectivity index (χ3n) is 4.13. The largest absolute Gasteiger partial charge is 0.237 e. The van der Waals surface area contributed by atoms with Gasteiger partial charge < -0.3 is 0 Å². The first-order valence-corrected chi connectivity index (χ1v) is 6.37. The minimum absolute atomic E-state index is 0.198. The summed E-state index contributed by atoms with van der Waals surface area (Å²) in [5.41, 5.74) is 0.364. The van der Waals surface area contributed by atoms with Gasteiger partial charge in [-0.2, -0.15) is 9.78 Å². The molecule has 0 amide bonds. The van der Waals surface area contributed by atoms with Crippen molar-refractivity contribution in [1.29, 1.82) is 0 Å². The van der Waals surface area contributed by atoms with Gasteiger partial charge in [0.25, 0.3) is 0 Å². The third kappa shape index (κ3) is 2.07. The second-order valence-electron chi connectivity index (χ2n) is 6.18. The van der Waals surface area contributed by atoms with Crippen LogP contribution in [0, 0.1) is 17.3 Å².